The molecule has 5 heteroatoms. The number of rotatable bonds is 2. The molecule has 0 radical (unpaired) electrons. The topological polar surface area (TPSA) is 52.6 Å². The molecule has 0 saturated carbocycles. The Morgan fingerprint density at radius 1 is 1.58 bits per heavy atom. The van der Waals surface area contributed by atoms with Crippen molar-refractivity contribution in [2.75, 3.05) is 25.0 Å². The molecule has 0 aromatic heterocycles. The maximum absolute atomic E-state index is 12.2. The van der Waals surface area contributed by atoms with Crippen molar-refractivity contribution < 1.29 is 9.90 Å². The number of para-hydroxylation sites is 1. The van der Waals surface area contributed by atoms with E-state index in [0.717, 1.165) is 24.9 Å². The number of carbonyl (C=O) groups is 1. The number of aliphatic hydroxyl groups excluding tert-OH is 1. The third kappa shape index (κ3) is 3.39. The summed E-state index contributed by atoms with van der Waals surface area (Å²) in [7, 11) is 0. The molecule has 1 aromatic rings. The predicted octanol–water partition coefficient (Wildman–Crippen LogP) is 2.88. The highest BCUT2D eigenvalue weighted by Gasteiger charge is 2.23. The molecule has 1 aromatic carbocycles. The molecule has 1 unspecified atom stereocenters. The van der Waals surface area contributed by atoms with E-state index in [1.807, 2.05) is 19.1 Å². The number of nitrogens with one attached hydrogen (secondary N) is 1. The minimum absolute atomic E-state index is 0.134. The maximum Gasteiger partial charge on any atom is 0.321 e. The Bertz CT molecular complexity index is 445. The van der Waals surface area contributed by atoms with E-state index >= 15 is 0 Å². The van der Waals surface area contributed by atoms with E-state index in [1.165, 1.54) is 0 Å². The monoisotopic (exact) mass is 282 g/mol. The van der Waals surface area contributed by atoms with Gasteiger partial charge in [-0.15, -0.1) is 0 Å². The van der Waals surface area contributed by atoms with Gasteiger partial charge in [0.15, 0.2) is 0 Å². The first-order valence-electron chi connectivity index (χ1n) is 6.53. The van der Waals surface area contributed by atoms with Crippen LogP contribution in [-0.2, 0) is 0 Å². The van der Waals surface area contributed by atoms with Crippen LogP contribution in [0, 0.1) is 12.8 Å². The summed E-state index contributed by atoms with van der Waals surface area (Å²) >= 11 is 6.10. The number of hydrogen-bond donors (Lipinski definition) is 2. The van der Waals surface area contributed by atoms with Crippen LogP contribution in [0.4, 0.5) is 10.5 Å². The van der Waals surface area contributed by atoms with Gasteiger partial charge >= 0.3 is 6.03 Å². The fourth-order valence-electron chi connectivity index (χ4n) is 2.37. The van der Waals surface area contributed by atoms with Crippen LogP contribution < -0.4 is 5.32 Å². The van der Waals surface area contributed by atoms with Crippen molar-refractivity contribution >= 4 is 23.3 Å². The van der Waals surface area contributed by atoms with E-state index in [1.54, 1.807) is 11.0 Å². The van der Waals surface area contributed by atoms with Gasteiger partial charge in [-0.05, 0) is 37.3 Å². The fourth-order valence-corrected chi connectivity index (χ4v) is 2.64. The van der Waals surface area contributed by atoms with Gasteiger partial charge in [-0.2, -0.15) is 0 Å². The maximum atomic E-state index is 12.2. The normalized spacial score (nSPS) is 19.3. The summed E-state index contributed by atoms with van der Waals surface area (Å²) in [5.74, 6) is 0.187. The Labute approximate surface area is 118 Å². The minimum Gasteiger partial charge on any atom is -0.396 e. The van der Waals surface area contributed by atoms with E-state index in [-0.39, 0.29) is 18.6 Å². The average molecular weight is 283 g/mol. The lowest BCUT2D eigenvalue weighted by atomic mass is 9.99. The van der Waals surface area contributed by atoms with Crippen molar-refractivity contribution in [3.05, 3.63) is 28.8 Å². The zero-order valence-electron chi connectivity index (χ0n) is 11.0. The number of benzene rings is 1. The summed E-state index contributed by atoms with van der Waals surface area (Å²) in [6, 6.07) is 5.38. The number of halogens is 1. The molecule has 1 heterocycles. The van der Waals surface area contributed by atoms with Gasteiger partial charge in [-0.3, -0.25) is 0 Å². The summed E-state index contributed by atoms with van der Waals surface area (Å²) < 4.78 is 0. The molecule has 4 nitrogen and oxygen atoms in total. The van der Waals surface area contributed by atoms with Gasteiger partial charge in [0, 0.05) is 19.7 Å². The molecule has 19 heavy (non-hydrogen) atoms. The molecule has 0 aliphatic carbocycles. The van der Waals surface area contributed by atoms with Gasteiger partial charge in [0.2, 0.25) is 0 Å². The van der Waals surface area contributed by atoms with Crippen LogP contribution in [-0.4, -0.2) is 35.7 Å². The third-order valence-electron chi connectivity index (χ3n) is 3.52. The molecular weight excluding hydrogens is 264 g/mol. The van der Waals surface area contributed by atoms with E-state index in [4.69, 9.17) is 11.6 Å². The van der Waals surface area contributed by atoms with Crippen LogP contribution >= 0.6 is 11.6 Å². The van der Waals surface area contributed by atoms with Gasteiger partial charge in [0.05, 0.1) is 10.7 Å². The van der Waals surface area contributed by atoms with E-state index in [0.29, 0.717) is 17.3 Å². The zero-order chi connectivity index (χ0) is 13.8. The number of hydrogen-bond acceptors (Lipinski definition) is 2. The molecule has 1 atom stereocenters. The number of carbonyl (C=O) groups excluding carboxylic acids is 1. The Balaban J connectivity index is 2.04. The van der Waals surface area contributed by atoms with Crippen molar-refractivity contribution in [2.45, 2.75) is 19.8 Å². The number of urea groups is 1. The Morgan fingerprint density at radius 2 is 2.37 bits per heavy atom. The van der Waals surface area contributed by atoms with Crippen molar-refractivity contribution in [1.82, 2.24) is 4.90 Å². The quantitative estimate of drug-likeness (QED) is 0.876. The predicted molar refractivity (Wildman–Crippen MR) is 76.6 cm³/mol. The Morgan fingerprint density at radius 3 is 3.05 bits per heavy atom. The van der Waals surface area contributed by atoms with Crippen molar-refractivity contribution in [1.29, 1.82) is 0 Å². The van der Waals surface area contributed by atoms with E-state index < -0.39 is 0 Å². The molecule has 1 fully saturated rings. The first-order chi connectivity index (χ1) is 9.11. The molecule has 2 rings (SSSR count). The summed E-state index contributed by atoms with van der Waals surface area (Å²) in [4.78, 5) is 14.0. The lowest BCUT2D eigenvalue weighted by molar-refractivity contribution is 0.136. The molecule has 104 valence electrons. The smallest absolute Gasteiger partial charge is 0.321 e. The van der Waals surface area contributed by atoms with Gasteiger partial charge in [0.1, 0.15) is 0 Å². The summed E-state index contributed by atoms with van der Waals surface area (Å²) in [6.07, 6.45) is 1.91. The number of aliphatic hydroxyl groups is 1. The fraction of sp³-hybridized carbons (Fsp3) is 0.500. The molecule has 1 aliphatic heterocycles. The SMILES string of the molecule is Cc1cccc(Cl)c1NC(=O)N1CCCC(CO)C1. The number of amides is 2. The number of anilines is 1. The van der Waals surface area contributed by atoms with Crippen molar-refractivity contribution in [2.24, 2.45) is 5.92 Å². The molecule has 2 amide bonds. The molecule has 1 aliphatic rings. The highest BCUT2D eigenvalue weighted by Crippen LogP contribution is 2.26. The lowest BCUT2D eigenvalue weighted by Gasteiger charge is -2.32. The molecule has 0 bridgehead atoms. The summed E-state index contributed by atoms with van der Waals surface area (Å²) in [6.45, 7) is 3.38. The van der Waals surface area contributed by atoms with Crippen LogP contribution in [0.5, 0.6) is 0 Å². The van der Waals surface area contributed by atoms with Crippen LogP contribution in [0.2, 0.25) is 5.02 Å². The second-order valence-electron chi connectivity index (χ2n) is 5.00. The summed E-state index contributed by atoms with van der Waals surface area (Å²) in [5.41, 5.74) is 1.61. The molecule has 0 spiro atoms. The highest BCUT2D eigenvalue weighted by molar-refractivity contribution is 6.33. The lowest BCUT2D eigenvalue weighted by Crippen LogP contribution is -2.43. The first-order valence-corrected chi connectivity index (χ1v) is 6.91. The largest absolute Gasteiger partial charge is 0.396 e. The first kappa shape index (κ1) is 14.2. The van der Waals surface area contributed by atoms with Gasteiger partial charge in [-0.25, -0.2) is 4.79 Å². The van der Waals surface area contributed by atoms with Crippen LogP contribution in [0.1, 0.15) is 18.4 Å². The highest BCUT2D eigenvalue weighted by atomic mass is 35.5. The zero-order valence-corrected chi connectivity index (χ0v) is 11.8. The Kier molecular flexibility index (Phi) is 4.66. The number of likely N-dealkylation sites (tertiary alicyclic amines) is 1. The molecular formula is C14H19ClN2O2. The number of piperidine rings is 1. The van der Waals surface area contributed by atoms with Gasteiger partial charge < -0.3 is 15.3 Å². The van der Waals surface area contributed by atoms with E-state index in [9.17, 15) is 9.90 Å². The Hall–Kier alpha value is -1.26. The van der Waals surface area contributed by atoms with Gasteiger partial charge in [-0.1, -0.05) is 23.7 Å². The van der Waals surface area contributed by atoms with Crippen molar-refractivity contribution in [3.63, 3.8) is 0 Å². The van der Waals surface area contributed by atoms with Crippen LogP contribution in [0.25, 0.3) is 0 Å². The molecule has 1 saturated heterocycles. The van der Waals surface area contributed by atoms with Gasteiger partial charge in [0.25, 0.3) is 0 Å². The number of nitrogens with zero attached hydrogens (tertiary/aromatic N) is 1. The standard InChI is InChI=1S/C14H19ClN2O2/c1-10-4-2-6-12(15)13(10)16-14(19)17-7-3-5-11(8-17)9-18/h2,4,6,11,18H,3,5,7-9H2,1H3,(H,16,19). The number of aryl methyl sites for hydroxylation is 1. The third-order valence-corrected chi connectivity index (χ3v) is 3.83. The second-order valence-corrected chi connectivity index (χ2v) is 5.41. The minimum atomic E-state index is -0.144. The van der Waals surface area contributed by atoms with Crippen LogP contribution in [0.3, 0.4) is 0 Å². The second kappa shape index (κ2) is 6.26. The molecule has 2 N–H and O–H groups in total. The summed E-state index contributed by atoms with van der Waals surface area (Å²) in [5, 5.41) is 12.6. The average Bonchev–Trinajstić information content (AvgIpc) is 2.43. The van der Waals surface area contributed by atoms with Crippen LogP contribution in [0.15, 0.2) is 18.2 Å². The van der Waals surface area contributed by atoms with E-state index in [2.05, 4.69) is 5.32 Å². The van der Waals surface area contributed by atoms with Crippen molar-refractivity contribution in [3.8, 4) is 0 Å².